The molecule has 1 aliphatic heterocycles. The van der Waals surface area contributed by atoms with Crippen LogP contribution < -0.4 is 0 Å². The van der Waals surface area contributed by atoms with Gasteiger partial charge in [0.15, 0.2) is 0 Å². The minimum Gasteiger partial charge on any atom is -0.379 e. The summed E-state index contributed by atoms with van der Waals surface area (Å²) in [5.74, 6) is 1.74. The molecule has 2 heteroatoms. The minimum atomic E-state index is 0.938. The van der Waals surface area contributed by atoms with Gasteiger partial charge in [-0.05, 0) is 18.8 Å². The summed E-state index contributed by atoms with van der Waals surface area (Å²) < 4.78 is 5.25. The van der Waals surface area contributed by atoms with Crippen molar-refractivity contribution in [1.29, 1.82) is 0 Å². The lowest BCUT2D eigenvalue weighted by molar-refractivity contribution is 0.0412. The Bertz CT molecular complexity index is 106. The number of rotatable bonds is 2. The second kappa shape index (κ2) is 2.89. The summed E-state index contributed by atoms with van der Waals surface area (Å²) in [5, 5.41) is 0. The monoisotopic (exact) mass is 140 g/mol. The van der Waals surface area contributed by atoms with Crippen LogP contribution in [0.15, 0.2) is 0 Å². The molecular formula is C8H14NO. The molecule has 0 aromatic carbocycles. The molecule has 0 N–H and O–H groups in total. The second-order valence-electron chi connectivity index (χ2n) is 3.14. The lowest BCUT2D eigenvalue weighted by Crippen LogP contribution is -2.37. The molecule has 1 aliphatic carbocycles. The summed E-state index contributed by atoms with van der Waals surface area (Å²) in [6, 6.07) is 0. The first-order valence-corrected chi connectivity index (χ1v) is 4.09. The first-order valence-electron chi connectivity index (χ1n) is 4.09. The highest BCUT2D eigenvalue weighted by atomic mass is 16.5. The van der Waals surface area contributed by atoms with Gasteiger partial charge in [-0.15, -0.1) is 0 Å². The van der Waals surface area contributed by atoms with E-state index >= 15 is 0 Å². The topological polar surface area (TPSA) is 12.5 Å². The second-order valence-corrected chi connectivity index (χ2v) is 3.14. The highest BCUT2D eigenvalue weighted by Crippen LogP contribution is 2.32. The Balaban J connectivity index is 1.69. The first-order chi connectivity index (χ1) is 4.95. The van der Waals surface area contributed by atoms with Crippen molar-refractivity contribution in [3.05, 3.63) is 5.92 Å². The average Bonchev–Trinajstić information content (AvgIpc) is 2.74. The lowest BCUT2D eigenvalue weighted by atomic mass is 10.3. The molecule has 0 unspecified atom stereocenters. The third-order valence-corrected chi connectivity index (χ3v) is 2.15. The molecule has 0 aromatic heterocycles. The van der Waals surface area contributed by atoms with Crippen molar-refractivity contribution in [2.24, 2.45) is 0 Å². The van der Waals surface area contributed by atoms with Gasteiger partial charge in [0.1, 0.15) is 0 Å². The van der Waals surface area contributed by atoms with Crippen LogP contribution in [0.2, 0.25) is 0 Å². The number of hydrogen-bond acceptors (Lipinski definition) is 2. The molecule has 1 radical (unpaired) electrons. The molecule has 10 heavy (non-hydrogen) atoms. The van der Waals surface area contributed by atoms with Crippen molar-refractivity contribution < 1.29 is 4.74 Å². The minimum absolute atomic E-state index is 0.938. The van der Waals surface area contributed by atoms with E-state index in [-0.39, 0.29) is 0 Å². The molecule has 2 nitrogen and oxygen atoms in total. The van der Waals surface area contributed by atoms with Crippen molar-refractivity contribution in [2.45, 2.75) is 12.8 Å². The largest absolute Gasteiger partial charge is 0.379 e. The molecule has 0 amide bonds. The highest BCUT2D eigenvalue weighted by molar-refractivity contribution is 5.07. The SMILES string of the molecule is C1CN(C[C]2CC2)CCO1. The van der Waals surface area contributed by atoms with Gasteiger partial charge in [0.2, 0.25) is 0 Å². The summed E-state index contributed by atoms with van der Waals surface area (Å²) in [6.45, 7) is 5.41. The van der Waals surface area contributed by atoms with E-state index in [1.165, 1.54) is 19.4 Å². The van der Waals surface area contributed by atoms with Gasteiger partial charge in [0.05, 0.1) is 13.2 Å². The van der Waals surface area contributed by atoms with Gasteiger partial charge in [-0.3, -0.25) is 4.90 Å². The average molecular weight is 140 g/mol. The Hall–Kier alpha value is -0.0800. The summed E-state index contributed by atoms with van der Waals surface area (Å²) >= 11 is 0. The van der Waals surface area contributed by atoms with Gasteiger partial charge in [-0.25, -0.2) is 0 Å². The van der Waals surface area contributed by atoms with Crippen LogP contribution in [0.5, 0.6) is 0 Å². The van der Waals surface area contributed by atoms with E-state index in [4.69, 9.17) is 4.74 Å². The molecule has 0 atom stereocenters. The van der Waals surface area contributed by atoms with E-state index < -0.39 is 0 Å². The smallest absolute Gasteiger partial charge is 0.0594 e. The number of nitrogens with zero attached hydrogens (tertiary/aromatic N) is 1. The molecule has 57 valence electrons. The molecule has 0 bridgehead atoms. The van der Waals surface area contributed by atoms with Crippen molar-refractivity contribution in [2.75, 3.05) is 32.8 Å². The van der Waals surface area contributed by atoms with E-state index in [2.05, 4.69) is 4.90 Å². The standard InChI is InChI=1S/C8H14NO/c1-2-8(1)7-9-3-5-10-6-4-9/h1-7H2. The molecule has 2 fully saturated rings. The Morgan fingerprint density at radius 1 is 1.20 bits per heavy atom. The summed E-state index contributed by atoms with van der Waals surface area (Å²) in [4.78, 5) is 2.49. The molecule has 2 rings (SSSR count). The predicted octanol–water partition coefficient (Wildman–Crippen LogP) is 0.687. The van der Waals surface area contributed by atoms with Gasteiger partial charge in [-0.2, -0.15) is 0 Å². The van der Waals surface area contributed by atoms with E-state index in [0.717, 1.165) is 26.3 Å². The van der Waals surface area contributed by atoms with Crippen molar-refractivity contribution in [3.8, 4) is 0 Å². The van der Waals surface area contributed by atoms with Crippen LogP contribution in [-0.4, -0.2) is 37.7 Å². The number of ether oxygens (including phenoxy) is 1. The maximum absolute atomic E-state index is 5.25. The van der Waals surface area contributed by atoms with Crippen molar-refractivity contribution >= 4 is 0 Å². The van der Waals surface area contributed by atoms with Crippen LogP contribution >= 0.6 is 0 Å². The van der Waals surface area contributed by atoms with Gasteiger partial charge in [-0.1, -0.05) is 0 Å². The molecule has 2 aliphatic rings. The zero-order chi connectivity index (χ0) is 6.81. The van der Waals surface area contributed by atoms with Gasteiger partial charge in [0.25, 0.3) is 0 Å². The normalized spacial score (nSPS) is 28.8. The van der Waals surface area contributed by atoms with Crippen LogP contribution in [0.3, 0.4) is 0 Å². The molecular weight excluding hydrogens is 126 g/mol. The fraction of sp³-hybridized carbons (Fsp3) is 0.875. The predicted molar refractivity (Wildman–Crippen MR) is 39.7 cm³/mol. The third-order valence-electron chi connectivity index (χ3n) is 2.15. The molecule has 0 spiro atoms. The zero-order valence-electron chi connectivity index (χ0n) is 6.31. The summed E-state index contributed by atoms with van der Waals surface area (Å²) in [7, 11) is 0. The van der Waals surface area contributed by atoms with Gasteiger partial charge < -0.3 is 4.74 Å². The molecule has 1 saturated carbocycles. The van der Waals surface area contributed by atoms with Gasteiger partial charge in [0, 0.05) is 19.6 Å². The van der Waals surface area contributed by atoms with Crippen LogP contribution in [0.25, 0.3) is 0 Å². The fourth-order valence-electron chi connectivity index (χ4n) is 1.32. The van der Waals surface area contributed by atoms with Gasteiger partial charge >= 0.3 is 0 Å². The maximum atomic E-state index is 5.25. The maximum Gasteiger partial charge on any atom is 0.0594 e. The van der Waals surface area contributed by atoms with E-state index in [0.29, 0.717) is 0 Å². The Labute approximate surface area is 62.2 Å². The molecule has 1 saturated heterocycles. The third kappa shape index (κ3) is 1.70. The summed E-state index contributed by atoms with van der Waals surface area (Å²) in [5.41, 5.74) is 0. The van der Waals surface area contributed by atoms with Crippen LogP contribution in [0.4, 0.5) is 0 Å². The lowest BCUT2D eigenvalue weighted by Gasteiger charge is -2.26. The Kier molecular flexibility index (Phi) is 1.91. The quantitative estimate of drug-likeness (QED) is 0.559. The first kappa shape index (κ1) is 6.62. The van der Waals surface area contributed by atoms with E-state index in [1.54, 1.807) is 5.92 Å². The van der Waals surface area contributed by atoms with Crippen LogP contribution in [0.1, 0.15) is 12.8 Å². The van der Waals surface area contributed by atoms with E-state index in [1.807, 2.05) is 0 Å². The Morgan fingerprint density at radius 2 is 1.90 bits per heavy atom. The Morgan fingerprint density at radius 3 is 2.50 bits per heavy atom. The zero-order valence-corrected chi connectivity index (χ0v) is 6.31. The number of morpholine rings is 1. The highest BCUT2D eigenvalue weighted by Gasteiger charge is 2.25. The van der Waals surface area contributed by atoms with Crippen LogP contribution in [0, 0.1) is 5.92 Å². The van der Waals surface area contributed by atoms with E-state index in [9.17, 15) is 0 Å². The van der Waals surface area contributed by atoms with Crippen LogP contribution in [-0.2, 0) is 4.74 Å². The molecule has 0 aromatic rings. The van der Waals surface area contributed by atoms with Crippen molar-refractivity contribution in [3.63, 3.8) is 0 Å². The number of hydrogen-bond donors (Lipinski definition) is 0. The summed E-state index contributed by atoms with van der Waals surface area (Å²) in [6.07, 6.45) is 2.77. The molecule has 1 heterocycles. The fourth-order valence-corrected chi connectivity index (χ4v) is 1.32. The van der Waals surface area contributed by atoms with Crippen molar-refractivity contribution in [1.82, 2.24) is 4.90 Å².